The first-order chi connectivity index (χ1) is 15.5. The van der Waals surface area contributed by atoms with Crippen LogP contribution < -0.4 is 19.1 Å². The Morgan fingerprint density at radius 1 is 1.03 bits per heavy atom. The van der Waals surface area contributed by atoms with E-state index < -0.39 is 17.7 Å². The van der Waals surface area contributed by atoms with Crippen molar-refractivity contribution in [3.05, 3.63) is 70.7 Å². The highest BCUT2D eigenvalue weighted by Gasteiger charge is 2.48. The van der Waals surface area contributed by atoms with Gasteiger partial charge in [0, 0.05) is 17.1 Å². The molecule has 1 aromatic heterocycles. The number of aliphatic hydroxyl groups is 1. The van der Waals surface area contributed by atoms with Gasteiger partial charge in [0.15, 0.2) is 16.6 Å². The molecule has 4 rings (SSSR count). The lowest BCUT2D eigenvalue weighted by molar-refractivity contribution is -0.132. The Kier molecular flexibility index (Phi) is 5.83. The maximum Gasteiger partial charge on any atom is 0.301 e. The predicted molar refractivity (Wildman–Crippen MR) is 119 cm³/mol. The lowest BCUT2D eigenvalue weighted by Gasteiger charge is -2.23. The van der Waals surface area contributed by atoms with Gasteiger partial charge in [0.2, 0.25) is 0 Å². The minimum atomic E-state index is -0.910. The number of benzene rings is 2. The standard InChI is InChI=1S/C23H20N2O6S/c1-29-15-6-4-5-14(11-15)20(26)18-19(13-7-8-16(30-2)17(12-13)31-3)25(22(28)21(18)27)23-24-9-10-32-23/h4-12,19,26H,1-3H3. The molecule has 0 aliphatic carbocycles. The number of ether oxygens (including phenoxy) is 3. The number of methoxy groups -OCH3 is 3. The summed E-state index contributed by atoms with van der Waals surface area (Å²) in [5.74, 6) is -0.456. The fraction of sp³-hybridized carbons (Fsp3) is 0.174. The summed E-state index contributed by atoms with van der Waals surface area (Å²) in [7, 11) is 4.52. The summed E-state index contributed by atoms with van der Waals surface area (Å²) in [5, 5.41) is 13.2. The lowest BCUT2D eigenvalue weighted by atomic mass is 9.95. The number of Topliss-reactive ketones (excluding diaryl/α,β-unsaturated/α-hetero) is 1. The first-order valence-electron chi connectivity index (χ1n) is 9.57. The second kappa shape index (κ2) is 8.72. The molecule has 1 unspecified atom stereocenters. The fourth-order valence-corrected chi connectivity index (χ4v) is 4.30. The summed E-state index contributed by atoms with van der Waals surface area (Å²) >= 11 is 1.22. The highest BCUT2D eigenvalue weighted by atomic mass is 32.1. The molecule has 0 saturated carbocycles. The fourth-order valence-electron chi connectivity index (χ4n) is 3.63. The Bertz CT molecular complexity index is 1200. The third-order valence-electron chi connectivity index (χ3n) is 5.14. The van der Waals surface area contributed by atoms with Gasteiger partial charge in [-0.3, -0.25) is 14.5 Å². The highest BCUT2D eigenvalue weighted by Crippen LogP contribution is 2.44. The number of carbonyl (C=O) groups excluding carboxylic acids is 2. The summed E-state index contributed by atoms with van der Waals surface area (Å²) in [4.78, 5) is 31.7. The number of hydrogen-bond donors (Lipinski definition) is 1. The third kappa shape index (κ3) is 3.56. The molecule has 9 heteroatoms. The van der Waals surface area contributed by atoms with Crippen LogP contribution in [0.25, 0.3) is 5.76 Å². The van der Waals surface area contributed by atoms with Crippen LogP contribution in [0, 0.1) is 0 Å². The number of amides is 1. The first kappa shape index (κ1) is 21.4. The van der Waals surface area contributed by atoms with Gasteiger partial charge in [0.1, 0.15) is 11.5 Å². The van der Waals surface area contributed by atoms with Gasteiger partial charge in [-0.25, -0.2) is 4.98 Å². The van der Waals surface area contributed by atoms with Crippen LogP contribution in [0.1, 0.15) is 17.2 Å². The molecule has 164 valence electrons. The van der Waals surface area contributed by atoms with Crippen molar-refractivity contribution in [3.63, 3.8) is 0 Å². The van der Waals surface area contributed by atoms with E-state index in [1.807, 2.05) is 0 Å². The molecule has 1 atom stereocenters. The van der Waals surface area contributed by atoms with Gasteiger partial charge >= 0.3 is 5.91 Å². The van der Waals surface area contributed by atoms with Crippen molar-refractivity contribution in [1.82, 2.24) is 4.98 Å². The molecule has 1 N–H and O–H groups in total. The summed E-state index contributed by atoms with van der Waals surface area (Å²) < 4.78 is 15.9. The predicted octanol–water partition coefficient (Wildman–Crippen LogP) is 3.80. The first-order valence-corrected chi connectivity index (χ1v) is 10.4. The van der Waals surface area contributed by atoms with Crippen molar-refractivity contribution in [3.8, 4) is 17.2 Å². The van der Waals surface area contributed by atoms with Gasteiger partial charge < -0.3 is 19.3 Å². The van der Waals surface area contributed by atoms with Gasteiger partial charge in [0.25, 0.3) is 5.78 Å². The lowest BCUT2D eigenvalue weighted by Crippen LogP contribution is -2.29. The molecule has 2 heterocycles. The molecule has 1 aliphatic heterocycles. The molecule has 1 amide bonds. The number of rotatable bonds is 6. The Labute approximate surface area is 188 Å². The van der Waals surface area contributed by atoms with Crippen LogP contribution in [-0.2, 0) is 9.59 Å². The molecule has 32 heavy (non-hydrogen) atoms. The zero-order chi connectivity index (χ0) is 22.8. The summed E-state index contributed by atoms with van der Waals surface area (Å²) in [6.07, 6.45) is 1.55. The molecule has 8 nitrogen and oxygen atoms in total. The normalized spacial score (nSPS) is 17.5. The number of nitrogens with zero attached hydrogens (tertiary/aromatic N) is 2. The van der Waals surface area contributed by atoms with Crippen molar-refractivity contribution in [2.24, 2.45) is 0 Å². The second-order valence-corrected chi connectivity index (χ2v) is 7.70. The highest BCUT2D eigenvalue weighted by molar-refractivity contribution is 7.14. The van der Waals surface area contributed by atoms with Crippen LogP contribution in [-0.4, -0.2) is 43.1 Å². The topological polar surface area (TPSA) is 98.2 Å². The van der Waals surface area contributed by atoms with E-state index in [2.05, 4.69) is 4.98 Å². The van der Waals surface area contributed by atoms with E-state index in [1.54, 1.807) is 54.0 Å². The smallest absolute Gasteiger partial charge is 0.301 e. The number of carbonyl (C=O) groups is 2. The second-order valence-electron chi connectivity index (χ2n) is 6.83. The van der Waals surface area contributed by atoms with E-state index in [1.165, 1.54) is 37.6 Å². The van der Waals surface area contributed by atoms with E-state index in [4.69, 9.17) is 14.2 Å². The zero-order valence-corrected chi connectivity index (χ0v) is 18.4. The third-order valence-corrected chi connectivity index (χ3v) is 5.91. The average molecular weight is 452 g/mol. The minimum absolute atomic E-state index is 0.0503. The molecule has 0 radical (unpaired) electrons. The number of ketones is 1. The molecule has 0 bridgehead atoms. The van der Waals surface area contributed by atoms with Gasteiger partial charge in [-0.05, 0) is 29.8 Å². The van der Waals surface area contributed by atoms with Gasteiger partial charge in [-0.1, -0.05) is 18.2 Å². The van der Waals surface area contributed by atoms with Crippen LogP contribution in [0.5, 0.6) is 17.2 Å². The molecule has 1 fully saturated rings. The van der Waals surface area contributed by atoms with Gasteiger partial charge in [-0.15, -0.1) is 11.3 Å². The average Bonchev–Trinajstić information content (AvgIpc) is 3.45. The van der Waals surface area contributed by atoms with Crippen molar-refractivity contribution in [2.45, 2.75) is 6.04 Å². The van der Waals surface area contributed by atoms with Crippen molar-refractivity contribution in [2.75, 3.05) is 26.2 Å². The monoisotopic (exact) mass is 452 g/mol. The molecular weight excluding hydrogens is 432 g/mol. The number of aromatic nitrogens is 1. The Balaban J connectivity index is 1.95. The SMILES string of the molecule is COc1cccc(C(O)=C2C(=O)C(=O)N(c3nccs3)C2c2ccc(OC)c(OC)c2)c1. The van der Waals surface area contributed by atoms with E-state index in [-0.39, 0.29) is 11.3 Å². The number of anilines is 1. The quantitative estimate of drug-likeness (QED) is 0.345. The Hall–Kier alpha value is -3.85. The van der Waals surface area contributed by atoms with Crippen LogP contribution >= 0.6 is 11.3 Å². The van der Waals surface area contributed by atoms with Crippen LogP contribution in [0.4, 0.5) is 5.13 Å². The van der Waals surface area contributed by atoms with Crippen LogP contribution in [0.2, 0.25) is 0 Å². The van der Waals surface area contributed by atoms with Gasteiger partial charge in [0.05, 0.1) is 32.9 Å². The molecular formula is C23H20N2O6S. The van der Waals surface area contributed by atoms with Crippen LogP contribution in [0.15, 0.2) is 59.6 Å². The van der Waals surface area contributed by atoms with Crippen molar-refractivity contribution >= 4 is 33.9 Å². The van der Waals surface area contributed by atoms with Crippen LogP contribution in [0.3, 0.4) is 0 Å². The van der Waals surface area contributed by atoms with E-state index in [9.17, 15) is 14.7 Å². The minimum Gasteiger partial charge on any atom is -0.507 e. The van der Waals surface area contributed by atoms with E-state index in [0.717, 1.165) is 0 Å². The zero-order valence-electron chi connectivity index (χ0n) is 17.6. The summed E-state index contributed by atoms with van der Waals surface area (Å²) in [6, 6.07) is 10.8. The Morgan fingerprint density at radius 3 is 2.47 bits per heavy atom. The number of aliphatic hydroxyl groups excluding tert-OH is 1. The molecule has 2 aromatic carbocycles. The van der Waals surface area contributed by atoms with E-state index >= 15 is 0 Å². The molecule has 1 aliphatic rings. The van der Waals surface area contributed by atoms with E-state index in [0.29, 0.717) is 33.5 Å². The van der Waals surface area contributed by atoms with Gasteiger partial charge in [-0.2, -0.15) is 0 Å². The number of thiazole rings is 1. The summed E-state index contributed by atoms with van der Waals surface area (Å²) in [5.41, 5.74) is 0.860. The van der Waals surface area contributed by atoms with Crippen molar-refractivity contribution in [1.29, 1.82) is 0 Å². The molecule has 0 spiro atoms. The Morgan fingerprint density at radius 2 is 1.81 bits per heavy atom. The summed E-state index contributed by atoms with van der Waals surface area (Å²) in [6.45, 7) is 0. The maximum atomic E-state index is 13.1. The van der Waals surface area contributed by atoms with Crippen molar-refractivity contribution < 1.29 is 28.9 Å². The number of hydrogen-bond acceptors (Lipinski definition) is 8. The molecule has 3 aromatic rings. The maximum absolute atomic E-state index is 13.1. The largest absolute Gasteiger partial charge is 0.507 e. The molecule has 1 saturated heterocycles.